The van der Waals surface area contributed by atoms with Crippen LogP contribution in [0.2, 0.25) is 0 Å². The van der Waals surface area contributed by atoms with Gasteiger partial charge in [0.25, 0.3) is 5.91 Å². The van der Waals surface area contributed by atoms with Crippen LogP contribution in [0.5, 0.6) is 0 Å². The van der Waals surface area contributed by atoms with E-state index in [1.54, 1.807) is 4.90 Å². The number of Topliss-reactive ketones (excluding diaryl/α,β-unsaturated/α-hetero) is 1. The van der Waals surface area contributed by atoms with Crippen LogP contribution in [0, 0.1) is 0 Å². The summed E-state index contributed by atoms with van der Waals surface area (Å²) in [7, 11) is 0. The monoisotopic (exact) mass is 388 g/mol. The fraction of sp³-hybridized carbons (Fsp3) is 0.292. The van der Waals surface area contributed by atoms with E-state index in [1.807, 2.05) is 48.5 Å². The molecule has 4 rings (SSSR count). The molecular formula is C24H24N2O3. The third-order valence-electron chi connectivity index (χ3n) is 5.64. The van der Waals surface area contributed by atoms with Crippen molar-refractivity contribution in [3.05, 3.63) is 83.1 Å². The predicted octanol–water partition coefficient (Wildman–Crippen LogP) is 3.18. The quantitative estimate of drug-likeness (QED) is 0.827. The third kappa shape index (κ3) is 4.14. The molecule has 2 aliphatic rings. The molecule has 5 heteroatoms. The van der Waals surface area contributed by atoms with Crippen molar-refractivity contribution in [2.24, 2.45) is 0 Å². The Bertz CT molecular complexity index is 981. The van der Waals surface area contributed by atoms with Gasteiger partial charge in [0, 0.05) is 30.6 Å². The van der Waals surface area contributed by atoms with Crippen LogP contribution in [-0.4, -0.2) is 28.5 Å². The highest BCUT2D eigenvalue weighted by molar-refractivity contribution is 6.01. The van der Waals surface area contributed by atoms with Gasteiger partial charge in [0.1, 0.15) is 11.8 Å². The number of nitrogens with zero attached hydrogens (tertiary/aromatic N) is 1. The Kier molecular flexibility index (Phi) is 5.30. The first-order chi connectivity index (χ1) is 14.0. The molecule has 1 saturated heterocycles. The summed E-state index contributed by atoms with van der Waals surface area (Å²) in [5.41, 5.74) is 4.36. The first-order valence-electron chi connectivity index (χ1n) is 9.98. The van der Waals surface area contributed by atoms with Gasteiger partial charge in [0.15, 0.2) is 0 Å². The van der Waals surface area contributed by atoms with E-state index in [2.05, 4.69) is 11.9 Å². The van der Waals surface area contributed by atoms with Gasteiger partial charge in [0.2, 0.25) is 5.91 Å². The van der Waals surface area contributed by atoms with Crippen LogP contribution in [-0.2, 0) is 29.0 Å². The van der Waals surface area contributed by atoms with E-state index in [0.717, 1.165) is 16.7 Å². The number of rotatable bonds is 6. The Labute approximate surface area is 170 Å². The van der Waals surface area contributed by atoms with Crippen molar-refractivity contribution in [3.63, 3.8) is 0 Å². The van der Waals surface area contributed by atoms with E-state index in [4.69, 9.17) is 0 Å². The Balaban J connectivity index is 1.39. The van der Waals surface area contributed by atoms with Gasteiger partial charge < -0.3 is 10.2 Å². The molecule has 1 unspecified atom stereocenters. The van der Waals surface area contributed by atoms with E-state index < -0.39 is 6.04 Å². The number of piperidine rings is 1. The van der Waals surface area contributed by atoms with Gasteiger partial charge in [0.05, 0.1) is 0 Å². The fourth-order valence-corrected chi connectivity index (χ4v) is 4.06. The molecule has 1 N–H and O–H groups in total. The lowest BCUT2D eigenvalue weighted by Gasteiger charge is -2.30. The third-order valence-corrected chi connectivity index (χ3v) is 5.64. The molecule has 0 bridgehead atoms. The van der Waals surface area contributed by atoms with E-state index in [1.165, 1.54) is 0 Å². The van der Waals surface area contributed by atoms with Gasteiger partial charge in [-0.15, -0.1) is 0 Å². The maximum absolute atomic E-state index is 12.8. The number of benzene rings is 2. The lowest BCUT2D eigenvalue weighted by atomic mass is 10.00. The van der Waals surface area contributed by atoms with E-state index in [-0.39, 0.29) is 17.6 Å². The van der Waals surface area contributed by atoms with Gasteiger partial charge in [-0.05, 0) is 42.0 Å². The minimum atomic E-state index is -0.448. The average molecular weight is 388 g/mol. The number of aryl methyl sites for hydroxylation is 1. The van der Waals surface area contributed by atoms with Crippen LogP contribution in [0.25, 0.3) is 0 Å². The minimum absolute atomic E-state index is 0.0978. The SMILES string of the molecule is C=C1CCC(N2Cc3cc(CCC(=O)Cc4ccccc4)ccc3C2=O)C(=O)N1. The van der Waals surface area contributed by atoms with Gasteiger partial charge in [-0.1, -0.05) is 49.0 Å². The molecule has 2 aliphatic heterocycles. The number of hydrogen-bond donors (Lipinski definition) is 1. The molecule has 2 amide bonds. The van der Waals surface area contributed by atoms with Crippen LogP contribution in [0.3, 0.4) is 0 Å². The summed E-state index contributed by atoms with van der Waals surface area (Å²) in [6, 6.07) is 15.0. The molecule has 0 aromatic heterocycles. The number of allylic oxidation sites excluding steroid dienone is 1. The van der Waals surface area contributed by atoms with Crippen molar-refractivity contribution in [3.8, 4) is 0 Å². The molecule has 2 aromatic carbocycles. The van der Waals surface area contributed by atoms with Crippen LogP contribution in [0.1, 0.15) is 46.3 Å². The van der Waals surface area contributed by atoms with E-state index >= 15 is 0 Å². The second kappa shape index (κ2) is 8.03. The summed E-state index contributed by atoms with van der Waals surface area (Å²) in [5.74, 6) is -0.0537. The van der Waals surface area contributed by atoms with Crippen LogP contribution < -0.4 is 5.32 Å². The Morgan fingerprint density at radius 3 is 2.66 bits per heavy atom. The Morgan fingerprint density at radius 1 is 1.10 bits per heavy atom. The van der Waals surface area contributed by atoms with Crippen molar-refractivity contribution >= 4 is 17.6 Å². The average Bonchev–Trinajstić information content (AvgIpc) is 3.03. The molecule has 2 heterocycles. The number of carbonyl (C=O) groups is 3. The second-order valence-corrected chi connectivity index (χ2v) is 7.77. The second-order valence-electron chi connectivity index (χ2n) is 7.77. The highest BCUT2D eigenvalue weighted by atomic mass is 16.2. The largest absolute Gasteiger partial charge is 0.329 e. The summed E-state index contributed by atoms with van der Waals surface area (Å²) in [5, 5.41) is 2.75. The van der Waals surface area contributed by atoms with Crippen LogP contribution in [0.15, 0.2) is 60.8 Å². The zero-order valence-electron chi connectivity index (χ0n) is 16.3. The topological polar surface area (TPSA) is 66.5 Å². The molecule has 148 valence electrons. The zero-order valence-corrected chi connectivity index (χ0v) is 16.3. The number of carbonyl (C=O) groups excluding carboxylic acids is 3. The predicted molar refractivity (Wildman–Crippen MR) is 110 cm³/mol. The summed E-state index contributed by atoms with van der Waals surface area (Å²) < 4.78 is 0. The molecular weight excluding hydrogens is 364 g/mol. The summed E-state index contributed by atoms with van der Waals surface area (Å²) in [6.07, 6.45) is 2.85. The molecule has 1 fully saturated rings. The first-order valence-corrected chi connectivity index (χ1v) is 9.98. The number of fused-ring (bicyclic) bond motifs is 1. The smallest absolute Gasteiger partial charge is 0.255 e. The summed E-state index contributed by atoms with van der Waals surface area (Å²) in [4.78, 5) is 39.0. The molecule has 29 heavy (non-hydrogen) atoms. The van der Waals surface area contributed by atoms with Crippen molar-refractivity contribution < 1.29 is 14.4 Å². The van der Waals surface area contributed by atoms with Crippen LogP contribution in [0.4, 0.5) is 0 Å². The molecule has 1 atom stereocenters. The van der Waals surface area contributed by atoms with Crippen molar-refractivity contribution in [2.45, 2.75) is 44.7 Å². The van der Waals surface area contributed by atoms with Crippen molar-refractivity contribution in [1.29, 1.82) is 0 Å². The molecule has 5 nitrogen and oxygen atoms in total. The maximum Gasteiger partial charge on any atom is 0.255 e. The molecule has 2 aromatic rings. The highest BCUT2D eigenvalue weighted by Gasteiger charge is 2.38. The van der Waals surface area contributed by atoms with Gasteiger partial charge >= 0.3 is 0 Å². The number of nitrogens with one attached hydrogen (secondary N) is 1. The molecule has 0 radical (unpaired) electrons. The zero-order chi connectivity index (χ0) is 20.4. The van der Waals surface area contributed by atoms with Gasteiger partial charge in [-0.3, -0.25) is 14.4 Å². The Morgan fingerprint density at radius 2 is 1.90 bits per heavy atom. The molecule has 0 spiro atoms. The summed E-state index contributed by atoms with van der Waals surface area (Å²) >= 11 is 0. The lowest BCUT2D eigenvalue weighted by molar-refractivity contribution is -0.126. The Hall–Kier alpha value is -3.21. The first kappa shape index (κ1) is 19.1. The van der Waals surface area contributed by atoms with Crippen LogP contribution >= 0.6 is 0 Å². The minimum Gasteiger partial charge on any atom is -0.329 e. The number of amides is 2. The standard InChI is InChI=1S/C24H24N2O3/c1-16-7-12-22(23(28)25-16)26-15-19-13-18(9-11-21(19)24(26)29)8-10-20(27)14-17-5-3-2-4-6-17/h2-6,9,11,13,22H,1,7-8,10,12,14-15H2,(H,25,28). The lowest BCUT2D eigenvalue weighted by Crippen LogP contribution is -2.49. The van der Waals surface area contributed by atoms with Crippen molar-refractivity contribution in [1.82, 2.24) is 10.2 Å². The van der Waals surface area contributed by atoms with E-state index in [9.17, 15) is 14.4 Å². The number of ketones is 1. The number of hydrogen-bond acceptors (Lipinski definition) is 3. The normalized spacial score (nSPS) is 18.6. The molecule has 0 aliphatic carbocycles. The highest BCUT2D eigenvalue weighted by Crippen LogP contribution is 2.29. The van der Waals surface area contributed by atoms with Gasteiger partial charge in [-0.2, -0.15) is 0 Å². The summed E-state index contributed by atoms with van der Waals surface area (Å²) in [6.45, 7) is 4.23. The van der Waals surface area contributed by atoms with Gasteiger partial charge in [-0.25, -0.2) is 0 Å². The van der Waals surface area contributed by atoms with Crippen molar-refractivity contribution in [2.75, 3.05) is 0 Å². The maximum atomic E-state index is 12.8. The van der Waals surface area contributed by atoms with E-state index in [0.29, 0.717) is 49.9 Å². The fourth-order valence-electron chi connectivity index (χ4n) is 4.06. The molecule has 0 saturated carbocycles.